The molecule has 0 saturated heterocycles. The first-order valence-electron chi connectivity index (χ1n) is 6.75. The molecule has 10 heteroatoms. The molecule has 0 atom stereocenters. The Morgan fingerprint density at radius 2 is 2.04 bits per heavy atom. The number of carbonyl (C=O) groups excluding carboxylic acids is 1. The molecule has 1 heterocycles. The molecule has 0 fully saturated rings. The van der Waals surface area contributed by atoms with Gasteiger partial charge in [0, 0.05) is 11.4 Å². The third kappa shape index (κ3) is 5.10. The second-order valence-electron chi connectivity index (χ2n) is 4.81. The second-order valence-corrected chi connectivity index (χ2v) is 7.42. The molecule has 8 nitrogen and oxygen atoms in total. The Morgan fingerprint density at radius 3 is 2.67 bits per heavy atom. The summed E-state index contributed by atoms with van der Waals surface area (Å²) in [6.45, 7) is 0. The number of hydrogen-bond acceptors (Lipinski definition) is 7. The minimum Gasteiger partial charge on any atom is -0.497 e. The molecule has 0 spiro atoms. The van der Waals surface area contributed by atoms with Crippen LogP contribution in [0.4, 0.5) is 10.8 Å². The van der Waals surface area contributed by atoms with E-state index in [1.165, 1.54) is 14.2 Å². The van der Waals surface area contributed by atoms with Crippen LogP contribution in [0.2, 0.25) is 0 Å². The van der Waals surface area contributed by atoms with Crippen LogP contribution in [-0.2, 0) is 21.2 Å². The summed E-state index contributed by atoms with van der Waals surface area (Å²) in [4.78, 5) is 16.2. The van der Waals surface area contributed by atoms with E-state index in [0.29, 0.717) is 22.9 Å². The lowest BCUT2D eigenvalue weighted by Gasteiger charge is -2.11. The molecule has 0 aliphatic carbocycles. The molecule has 0 radical (unpaired) electrons. The molecule has 2 rings (SSSR count). The van der Waals surface area contributed by atoms with Crippen LogP contribution in [0.25, 0.3) is 0 Å². The number of hydrogen-bond donors (Lipinski definition) is 2. The molecule has 1 aromatic carbocycles. The van der Waals surface area contributed by atoms with E-state index in [9.17, 15) is 13.2 Å². The SMILES string of the molecule is COc1ccc(OC)c(NC(=O)Cc2csc(NS(C)(=O)=O)n2)c1. The van der Waals surface area contributed by atoms with Gasteiger partial charge in [0.15, 0.2) is 5.13 Å². The van der Waals surface area contributed by atoms with E-state index in [1.807, 2.05) is 0 Å². The number of thiazole rings is 1. The van der Waals surface area contributed by atoms with Crippen LogP contribution in [0.1, 0.15) is 5.69 Å². The van der Waals surface area contributed by atoms with Crippen molar-refractivity contribution in [3.63, 3.8) is 0 Å². The smallest absolute Gasteiger partial charge is 0.231 e. The number of rotatable bonds is 7. The molecule has 24 heavy (non-hydrogen) atoms. The standard InChI is InChI=1S/C14H17N3O5S2/c1-21-10-4-5-12(22-2)11(7-10)16-13(18)6-9-8-23-14(15-9)17-24(3,19)20/h4-5,7-8H,6H2,1-3H3,(H,15,17)(H,16,18). The number of benzene rings is 1. The van der Waals surface area contributed by atoms with Crippen LogP contribution in [-0.4, -0.2) is 39.8 Å². The number of anilines is 2. The average Bonchev–Trinajstić information content (AvgIpc) is 2.91. The molecule has 0 aliphatic heterocycles. The monoisotopic (exact) mass is 371 g/mol. The van der Waals surface area contributed by atoms with Gasteiger partial charge < -0.3 is 14.8 Å². The molecular formula is C14H17N3O5S2. The van der Waals surface area contributed by atoms with Gasteiger partial charge >= 0.3 is 0 Å². The fourth-order valence-electron chi connectivity index (χ4n) is 1.86. The van der Waals surface area contributed by atoms with Crippen LogP contribution in [0.3, 0.4) is 0 Å². The summed E-state index contributed by atoms with van der Waals surface area (Å²) >= 11 is 1.11. The summed E-state index contributed by atoms with van der Waals surface area (Å²) in [5, 5.41) is 4.57. The zero-order chi connectivity index (χ0) is 17.7. The highest BCUT2D eigenvalue weighted by molar-refractivity contribution is 7.92. The fraction of sp³-hybridized carbons (Fsp3) is 0.286. The van der Waals surface area contributed by atoms with Crippen molar-refractivity contribution in [3.8, 4) is 11.5 Å². The first kappa shape index (κ1) is 18.0. The van der Waals surface area contributed by atoms with Crippen LogP contribution in [0, 0.1) is 0 Å². The predicted molar refractivity (Wildman–Crippen MR) is 92.5 cm³/mol. The van der Waals surface area contributed by atoms with Crippen molar-refractivity contribution in [2.45, 2.75) is 6.42 Å². The van der Waals surface area contributed by atoms with Gasteiger partial charge in [0.1, 0.15) is 11.5 Å². The number of nitrogens with one attached hydrogen (secondary N) is 2. The van der Waals surface area contributed by atoms with Gasteiger partial charge in [-0.2, -0.15) is 0 Å². The van der Waals surface area contributed by atoms with Gasteiger partial charge in [-0.25, -0.2) is 13.4 Å². The second kappa shape index (κ2) is 7.49. The zero-order valence-electron chi connectivity index (χ0n) is 13.3. The summed E-state index contributed by atoms with van der Waals surface area (Å²) in [6.07, 6.45) is 1.04. The highest BCUT2D eigenvalue weighted by Crippen LogP contribution is 2.29. The summed E-state index contributed by atoms with van der Waals surface area (Å²) < 4.78 is 34.9. The van der Waals surface area contributed by atoms with Crippen LogP contribution in [0.15, 0.2) is 23.6 Å². The van der Waals surface area contributed by atoms with Gasteiger partial charge in [-0.1, -0.05) is 0 Å². The van der Waals surface area contributed by atoms with E-state index in [2.05, 4.69) is 15.0 Å². The normalized spacial score (nSPS) is 11.0. The molecule has 1 amide bonds. The minimum absolute atomic E-state index is 0.00229. The maximum Gasteiger partial charge on any atom is 0.231 e. The summed E-state index contributed by atoms with van der Waals surface area (Å²) in [5.41, 5.74) is 0.942. The van der Waals surface area contributed by atoms with Crippen molar-refractivity contribution in [1.29, 1.82) is 0 Å². The minimum atomic E-state index is -3.39. The van der Waals surface area contributed by atoms with Gasteiger partial charge in [-0.05, 0) is 12.1 Å². The Morgan fingerprint density at radius 1 is 1.29 bits per heavy atom. The Kier molecular flexibility index (Phi) is 5.62. The lowest BCUT2D eigenvalue weighted by Crippen LogP contribution is -2.15. The van der Waals surface area contributed by atoms with Crippen LogP contribution >= 0.6 is 11.3 Å². The van der Waals surface area contributed by atoms with E-state index in [0.717, 1.165) is 17.6 Å². The number of amides is 1. The summed E-state index contributed by atoms with van der Waals surface area (Å²) in [6, 6.07) is 5.05. The zero-order valence-corrected chi connectivity index (χ0v) is 15.0. The number of sulfonamides is 1. The molecule has 0 unspecified atom stereocenters. The van der Waals surface area contributed by atoms with Gasteiger partial charge in [0.25, 0.3) is 0 Å². The highest BCUT2D eigenvalue weighted by atomic mass is 32.2. The predicted octanol–water partition coefficient (Wildman–Crippen LogP) is 1.71. The van der Waals surface area contributed by atoms with Gasteiger partial charge in [-0.15, -0.1) is 11.3 Å². The van der Waals surface area contributed by atoms with E-state index < -0.39 is 10.0 Å². The molecule has 0 aliphatic rings. The largest absolute Gasteiger partial charge is 0.497 e. The van der Waals surface area contributed by atoms with E-state index in [1.54, 1.807) is 23.6 Å². The van der Waals surface area contributed by atoms with Crippen LogP contribution < -0.4 is 19.5 Å². The molecule has 0 bridgehead atoms. The van der Waals surface area contributed by atoms with E-state index in [-0.39, 0.29) is 17.5 Å². The van der Waals surface area contributed by atoms with Crippen molar-refractivity contribution in [3.05, 3.63) is 29.3 Å². The fourth-order valence-corrected chi connectivity index (χ4v) is 3.43. The van der Waals surface area contributed by atoms with E-state index in [4.69, 9.17) is 9.47 Å². The van der Waals surface area contributed by atoms with Gasteiger partial charge in [0.05, 0.1) is 38.3 Å². The van der Waals surface area contributed by atoms with Crippen molar-refractivity contribution >= 4 is 38.1 Å². The molecule has 2 N–H and O–H groups in total. The van der Waals surface area contributed by atoms with Crippen molar-refractivity contribution in [2.24, 2.45) is 0 Å². The Balaban J connectivity index is 2.06. The van der Waals surface area contributed by atoms with Crippen LogP contribution in [0.5, 0.6) is 11.5 Å². The molecule has 1 aromatic heterocycles. The Labute approximate surface area is 143 Å². The summed E-state index contributed by atoms with van der Waals surface area (Å²) in [5.74, 6) is 0.777. The molecule has 0 saturated carbocycles. The number of nitrogens with zero attached hydrogens (tertiary/aromatic N) is 1. The lowest BCUT2D eigenvalue weighted by atomic mass is 10.2. The lowest BCUT2D eigenvalue weighted by molar-refractivity contribution is -0.115. The quantitative estimate of drug-likeness (QED) is 0.767. The van der Waals surface area contributed by atoms with E-state index >= 15 is 0 Å². The molecule has 130 valence electrons. The summed E-state index contributed by atoms with van der Waals surface area (Å²) in [7, 11) is -0.363. The van der Waals surface area contributed by atoms with Crippen molar-refractivity contribution in [1.82, 2.24) is 4.98 Å². The molecule has 2 aromatic rings. The van der Waals surface area contributed by atoms with Gasteiger partial charge in [0.2, 0.25) is 15.9 Å². The Hall–Kier alpha value is -2.33. The number of aromatic nitrogens is 1. The number of ether oxygens (including phenoxy) is 2. The number of carbonyl (C=O) groups is 1. The Bertz CT molecular complexity index is 833. The maximum atomic E-state index is 12.2. The molecular weight excluding hydrogens is 354 g/mol. The first-order valence-corrected chi connectivity index (χ1v) is 9.52. The topological polar surface area (TPSA) is 107 Å². The van der Waals surface area contributed by atoms with Gasteiger partial charge in [-0.3, -0.25) is 9.52 Å². The number of methoxy groups -OCH3 is 2. The highest BCUT2D eigenvalue weighted by Gasteiger charge is 2.13. The van der Waals surface area contributed by atoms with Crippen molar-refractivity contribution in [2.75, 3.05) is 30.5 Å². The average molecular weight is 371 g/mol. The first-order chi connectivity index (χ1) is 11.3. The third-order valence-corrected chi connectivity index (χ3v) is 4.35. The third-order valence-electron chi connectivity index (χ3n) is 2.85. The maximum absolute atomic E-state index is 12.2. The van der Waals surface area contributed by atoms with Crippen molar-refractivity contribution < 1.29 is 22.7 Å².